The van der Waals surface area contributed by atoms with Gasteiger partial charge < -0.3 is 9.64 Å². The number of carbonyl (C=O) groups is 1. The summed E-state index contributed by atoms with van der Waals surface area (Å²) >= 11 is 12.4. The van der Waals surface area contributed by atoms with Crippen molar-refractivity contribution in [3.05, 3.63) is 64.3 Å². The molecule has 3 aliphatic rings. The molecule has 2 aliphatic heterocycles. The highest BCUT2D eigenvalue weighted by Crippen LogP contribution is 2.45. The predicted molar refractivity (Wildman–Crippen MR) is 156 cm³/mol. The Kier molecular flexibility index (Phi) is 7.88. The molecule has 218 valence electrons. The van der Waals surface area contributed by atoms with Gasteiger partial charge >= 0.3 is 0 Å². The van der Waals surface area contributed by atoms with Crippen LogP contribution in [0.2, 0.25) is 10.0 Å². The van der Waals surface area contributed by atoms with Crippen LogP contribution in [0.25, 0.3) is 11.3 Å². The van der Waals surface area contributed by atoms with Gasteiger partial charge in [0.25, 0.3) is 5.91 Å². The van der Waals surface area contributed by atoms with Gasteiger partial charge in [-0.25, -0.2) is 13.1 Å². The first-order valence-corrected chi connectivity index (χ1v) is 16.2. The number of hydrogen-bond donors (Lipinski definition) is 0. The Labute approximate surface area is 250 Å². The van der Waals surface area contributed by atoms with Crippen LogP contribution in [-0.4, -0.2) is 76.4 Å². The number of ether oxygens (including phenoxy) is 1. The Morgan fingerprint density at radius 3 is 2.41 bits per heavy atom. The zero-order valence-corrected chi connectivity index (χ0v) is 25.3. The van der Waals surface area contributed by atoms with Gasteiger partial charge in [-0.15, -0.1) is 5.10 Å². The summed E-state index contributed by atoms with van der Waals surface area (Å²) in [4.78, 5) is 15.9. The molecule has 12 heteroatoms. The standard InChI is InChI=1S/C29H33Cl2N5O4S/c1-18-14-35(15-19(2)40-18)41(38,39)25-5-3-4-21(12-25)29(37)36-9-8-26(20-6-7-20)28(36)17-34-16-27(32-33-34)22-10-23(30)13-24(31)11-22/h3-5,10-13,16,18-20,26,28H,6-9,14-15,17H2,1-2H3. The maximum absolute atomic E-state index is 13.9. The molecule has 1 aromatic heterocycles. The fraction of sp³-hybridized carbons (Fsp3) is 0.483. The number of aromatic nitrogens is 3. The maximum atomic E-state index is 13.9. The normalized spacial score (nSPS) is 25.5. The minimum absolute atomic E-state index is 0.0753. The SMILES string of the molecule is CC1CN(S(=O)(=O)c2cccc(C(=O)N3CCC(C4CC4)C3Cn3cc(-c4cc(Cl)cc(Cl)c4)nn3)c2)CC(C)O1. The number of sulfonamides is 1. The van der Waals surface area contributed by atoms with Crippen molar-refractivity contribution >= 4 is 39.1 Å². The first-order chi connectivity index (χ1) is 19.6. The molecule has 2 aromatic carbocycles. The summed E-state index contributed by atoms with van der Waals surface area (Å²) in [5.74, 6) is 0.779. The molecule has 2 saturated heterocycles. The number of carbonyl (C=O) groups excluding carboxylic acids is 1. The van der Waals surface area contributed by atoms with E-state index < -0.39 is 10.0 Å². The van der Waals surface area contributed by atoms with Crippen LogP contribution in [0.4, 0.5) is 0 Å². The van der Waals surface area contributed by atoms with Crippen LogP contribution in [0.5, 0.6) is 0 Å². The van der Waals surface area contributed by atoms with Crippen LogP contribution < -0.4 is 0 Å². The number of benzene rings is 2. The highest BCUT2D eigenvalue weighted by atomic mass is 35.5. The number of nitrogens with zero attached hydrogens (tertiary/aromatic N) is 5. The van der Waals surface area contributed by atoms with Gasteiger partial charge in [0.15, 0.2) is 0 Å². The molecule has 1 aliphatic carbocycles. The van der Waals surface area contributed by atoms with Gasteiger partial charge in [-0.05, 0) is 81.3 Å². The molecule has 0 bridgehead atoms. The molecule has 6 rings (SSSR count). The lowest BCUT2D eigenvalue weighted by Gasteiger charge is -2.34. The van der Waals surface area contributed by atoms with E-state index in [4.69, 9.17) is 27.9 Å². The Bertz CT molecular complexity index is 1530. The average molecular weight is 619 g/mol. The summed E-state index contributed by atoms with van der Waals surface area (Å²) < 4.78 is 35.9. The first-order valence-electron chi connectivity index (χ1n) is 14.0. The lowest BCUT2D eigenvalue weighted by atomic mass is 9.94. The predicted octanol–water partition coefficient (Wildman–Crippen LogP) is 4.99. The van der Waals surface area contributed by atoms with Crippen LogP contribution in [0, 0.1) is 11.8 Å². The number of amides is 1. The molecular formula is C29H33Cl2N5O4S. The molecule has 41 heavy (non-hydrogen) atoms. The highest BCUT2D eigenvalue weighted by Gasteiger charge is 2.45. The molecular weight excluding hydrogens is 585 g/mol. The highest BCUT2D eigenvalue weighted by molar-refractivity contribution is 7.89. The van der Waals surface area contributed by atoms with Gasteiger partial charge in [0.2, 0.25) is 10.0 Å². The average Bonchev–Trinajstić information content (AvgIpc) is 3.51. The number of likely N-dealkylation sites (tertiary alicyclic amines) is 1. The van der Waals surface area contributed by atoms with Crippen molar-refractivity contribution in [3.63, 3.8) is 0 Å². The molecule has 4 atom stereocenters. The monoisotopic (exact) mass is 617 g/mol. The van der Waals surface area contributed by atoms with E-state index >= 15 is 0 Å². The van der Waals surface area contributed by atoms with Crippen molar-refractivity contribution in [1.82, 2.24) is 24.2 Å². The number of morpholine rings is 1. The van der Waals surface area contributed by atoms with Gasteiger partial charge in [-0.3, -0.25) is 4.79 Å². The summed E-state index contributed by atoms with van der Waals surface area (Å²) in [7, 11) is -3.77. The molecule has 1 amide bonds. The molecule has 0 N–H and O–H groups in total. The lowest BCUT2D eigenvalue weighted by Crippen LogP contribution is -2.48. The zero-order chi connectivity index (χ0) is 28.9. The summed E-state index contributed by atoms with van der Waals surface area (Å²) in [6.07, 6.45) is 4.69. The molecule has 3 aromatic rings. The van der Waals surface area contributed by atoms with Crippen molar-refractivity contribution in [2.75, 3.05) is 19.6 Å². The third-order valence-electron chi connectivity index (χ3n) is 8.26. The minimum atomic E-state index is -3.77. The van der Waals surface area contributed by atoms with Crippen LogP contribution >= 0.6 is 23.2 Å². The zero-order valence-electron chi connectivity index (χ0n) is 23.0. The van der Waals surface area contributed by atoms with Gasteiger partial charge in [0.05, 0.1) is 35.9 Å². The number of hydrogen-bond acceptors (Lipinski definition) is 6. The topological polar surface area (TPSA) is 97.6 Å². The van der Waals surface area contributed by atoms with Crippen molar-refractivity contribution in [3.8, 4) is 11.3 Å². The summed E-state index contributed by atoms with van der Waals surface area (Å²) in [6, 6.07) is 11.6. The van der Waals surface area contributed by atoms with Crippen LogP contribution in [-0.2, 0) is 21.3 Å². The van der Waals surface area contributed by atoms with Crippen molar-refractivity contribution < 1.29 is 17.9 Å². The number of rotatable bonds is 7. The van der Waals surface area contributed by atoms with Crippen LogP contribution in [0.1, 0.15) is 43.5 Å². The summed E-state index contributed by atoms with van der Waals surface area (Å²) in [5, 5.41) is 9.72. The first kappa shape index (κ1) is 28.6. The van der Waals surface area contributed by atoms with Crippen LogP contribution in [0.15, 0.2) is 53.6 Å². The lowest BCUT2D eigenvalue weighted by molar-refractivity contribution is -0.0440. The van der Waals surface area contributed by atoms with E-state index in [1.807, 2.05) is 24.9 Å². The third-order valence-corrected chi connectivity index (χ3v) is 10.5. The smallest absolute Gasteiger partial charge is 0.254 e. The molecule has 3 heterocycles. The van der Waals surface area contributed by atoms with Crippen molar-refractivity contribution in [2.24, 2.45) is 11.8 Å². The second kappa shape index (κ2) is 11.3. The summed E-state index contributed by atoms with van der Waals surface area (Å²) in [5.41, 5.74) is 1.79. The van der Waals surface area contributed by atoms with E-state index in [1.165, 1.54) is 10.4 Å². The van der Waals surface area contributed by atoms with Gasteiger partial charge in [0, 0.05) is 40.8 Å². The van der Waals surface area contributed by atoms with E-state index in [-0.39, 0.29) is 42.1 Å². The van der Waals surface area contributed by atoms with E-state index in [2.05, 4.69) is 10.3 Å². The van der Waals surface area contributed by atoms with E-state index in [9.17, 15) is 13.2 Å². The fourth-order valence-corrected chi connectivity index (χ4v) is 8.45. The van der Waals surface area contributed by atoms with Crippen molar-refractivity contribution in [1.29, 1.82) is 0 Å². The van der Waals surface area contributed by atoms with E-state index in [1.54, 1.807) is 41.1 Å². The van der Waals surface area contributed by atoms with E-state index in [0.717, 1.165) is 24.8 Å². The molecule has 0 spiro atoms. The van der Waals surface area contributed by atoms with Gasteiger partial charge in [-0.2, -0.15) is 4.31 Å². The van der Waals surface area contributed by atoms with Crippen LogP contribution in [0.3, 0.4) is 0 Å². The van der Waals surface area contributed by atoms with Crippen molar-refractivity contribution in [2.45, 2.75) is 62.8 Å². The second-order valence-corrected chi connectivity index (χ2v) is 14.3. The molecule has 1 saturated carbocycles. The molecule has 0 radical (unpaired) electrons. The maximum Gasteiger partial charge on any atom is 0.254 e. The summed E-state index contributed by atoms with van der Waals surface area (Å²) in [6.45, 7) is 5.41. The Morgan fingerprint density at radius 2 is 1.73 bits per heavy atom. The largest absolute Gasteiger partial charge is 0.373 e. The quantitative estimate of drug-likeness (QED) is 0.370. The Balaban J connectivity index is 1.24. The third kappa shape index (κ3) is 6.03. The van der Waals surface area contributed by atoms with Gasteiger partial charge in [-0.1, -0.05) is 34.5 Å². The molecule has 9 nitrogen and oxygen atoms in total. The molecule has 3 fully saturated rings. The van der Waals surface area contributed by atoms with Gasteiger partial charge in [0.1, 0.15) is 5.69 Å². The number of halogens is 2. The Morgan fingerprint density at radius 1 is 1.02 bits per heavy atom. The second-order valence-electron chi connectivity index (χ2n) is 11.4. The Hall–Kier alpha value is -2.50. The minimum Gasteiger partial charge on any atom is -0.373 e. The molecule has 4 unspecified atom stereocenters. The van der Waals surface area contributed by atoms with E-state index in [0.29, 0.717) is 46.2 Å². The fourth-order valence-electron chi connectivity index (χ4n) is 6.28.